The lowest BCUT2D eigenvalue weighted by Gasteiger charge is -2.32. The molecule has 1 aliphatic carbocycles. The molecule has 116 valence electrons. The molecule has 1 saturated carbocycles. The first-order valence-corrected chi connectivity index (χ1v) is 7.50. The Kier molecular flexibility index (Phi) is 6.46. The van der Waals surface area contributed by atoms with Crippen molar-refractivity contribution in [3.63, 3.8) is 0 Å². The highest BCUT2D eigenvalue weighted by Crippen LogP contribution is 2.36. The van der Waals surface area contributed by atoms with Crippen molar-refractivity contribution in [3.05, 3.63) is 0 Å². The van der Waals surface area contributed by atoms with Gasteiger partial charge in [-0.05, 0) is 39.0 Å². The fourth-order valence-corrected chi connectivity index (χ4v) is 2.80. The number of hydrogen-bond donors (Lipinski definition) is 1. The molecule has 0 aromatic heterocycles. The van der Waals surface area contributed by atoms with E-state index >= 15 is 0 Å². The number of rotatable bonds is 5. The largest absolute Gasteiger partial charge is 0.465 e. The molecule has 0 aromatic rings. The lowest BCUT2D eigenvalue weighted by atomic mass is 9.81. The van der Waals surface area contributed by atoms with Crippen LogP contribution in [0.15, 0.2) is 0 Å². The summed E-state index contributed by atoms with van der Waals surface area (Å²) in [4.78, 5) is 24.1. The predicted molar refractivity (Wildman–Crippen MR) is 74.0 cm³/mol. The van der Waals surface area contributed by atoms with Crippen LogP contribution in [0.5, 0.6) is 0 Å². The van der Waals surface area contributed by atoms with Gasteiger partial charge in [-0.1, -0.05) is 19.8 Å². The van der Waals surface area contributed by atoms with Crippen LogP contribution in [0, 0.1) is 11.8 Å². The van der Waals surface area contributed by atoms with Gasteiger partial charge in [0.1, 0.15) is 0 Å². The van der Waals surface area contributed by atoms with Crippen LogP contribution in [0.3, 0.4) is 0 Å². The van der Waals surface area contributed by atoms with Gasteiger partial charge in [-0.3, -0.25) is 9.59 Å². The van der Waals surface area contributed by atoms with Gasteiger partial charge in [-0.2, -0.15) is 0 Å². The fourth-order valence-electron chi connectivity index (χ4n) is 2.80. The van der Waals surface area contributed by atoms with Crippen molar-refractivity contribution in [3.8, 4) is 0 Å². The van der Waals surface area contributed by atoms with E-state index in [0.717, 1.165) is 19.3 Å². The molecule has 2 unspecified atom stereocenters. The Bertz CT molecular complexity index is 323. The zero-order valence-electron chi connectivity index (χ0n) is 12.7. The van der Waals surface area contributed by atoms with Gasteiger partial charge in [0.25, 0.3) is 0 Å². The van der Waals surface area contributed by atoms with E-state index < -0.39 is 23.5 Å². The van der Waals surface area contributed by atoms with Gasteiger partial charge < -0.3 is 14.6 Å². The smallest absolute Gasteiger partial charge is 0.323 e. The Labute approximate surface area is 120 Å². The molecule has 5 nitrogen and oxygen atoms in total. The van der Waals surface area contributed by atoms with Gasteiger partial charge in [0.15, 0.2) is 5.92 Å². The molecule has 0 bridgehead atoms. The standard InChI is InChI=1S/C15H26O5/c1-4-19-13(16)12(14(17)20-5-2)15(18)9-6-7-11(3)8-10-15/h11-12,18H,4-10H2,1-3H3. The molecule has 0 amide bonds. The molecular formula is C15H26O5. The van der Waals surface area contributed by atoms with Crippen LogP contribution < -0.4 is 0 Å². The van der Waals surface area contributed by atoms with Crippen molar-refractivity contribution in [2.45, 2.75) is 58.5 Å². The average molecular weight is 286 g/mol. The number of esters is 2. The summed E-state index contributed by atoms with van der Waals surface area (Å²) in [5, 5.41) is 10.8. The quantitative estimate of drug-likeness (QED) is 0.476. The van der Waals surface area contributed by atoms with E-state index in [-0.39, 0.29) is 13.2 Å². The summed E-state index contributed by atoms with van der Waals surface area (Å²) in [7, 11) is 0. The maximum Gasteiger partial charge on any atom is 0.323 e. The van der Waals surface area contributed by atoms with E-state index in [1.165, 1.54) is 0 Å². The van der Waals surface area contributed by atoms with Gasteiger partial charge in [0, 0.05) is 0 Å². The van der Waals surface area contributed by atoms with Crippen molar-refractivity contribution in [1.82, 2.24) is 0 Å². The molecule has 1 N–H and O–H groups in total. The molecule has 0 saturated heterocycles. The highest BCUT2D eigenvalue weighted by atomic mass is 16.6. The molecular weight excluding hydrogens is 260 g/mol. The second kappa shape index (κ2) is 7.62. The van der Waals surface area contributed by atoms with Gasteiger partial charge in [-0.25, -0.2) is 0 Å². The molecule has 0 radical (unpaired) electrons. The van der Waals surface area contributed by atoms with Crippen LogP contribution in [-0.2, 0) is 19.1 Å². The lowest BCUT2D eigenvalue weighted by Crippen LogP contribution is -2.48. The van der Waals surface area contributed by atoms with Gasteiger partial charge >= 0.3 is 11.9 Å². The Balaban J connectivity index is 2.94. The number of ether oxygens (including phenoxy) is 2. The van der Waals surface area contributed by atoms with Crippen LogP contribution in [0.25, 0.3) is 0 Å². The summed E-state index contributed by atoms with van der Waals surface area (Å²) in [6, 6.07) is 0. The molecule has 1 aliphatic rings. The van der Waals surface area contributed by atoms with E-state index in [1.54, 1.807) is 13.8 Å². The van der Waals surface area contributed by atoms with Crippen LogP contribution in [0.2, 0.25) is 0 Å². The highest BCUT2D eigenvalue weighted by Gasteiger charge is 2.48. The molecule has 1 fully saturated rings. The minimum atomic E-state index is -1.34. The van der Waals surface area contributed by atoms with Crippen molar-refractivity contribution < 1.29 is 24.2 Å². The van der Waals surface area contributed by atoms with Gasteiger partial charge in [0.2, 0.25) is 0 Å². The topological polar surface area (TPSA) is 72.8 Å². The van der Waals surface area contributed by atoms with Crippen LogP contribution in [-0.4, -0.2) is 35.9 Å². The molecule has 0 spiro atoms. The normalized spacial score (nSPS) is 26.9. The number of aliphatic hydroxyl groups is 1. The maximum atomic E-state index is 12.1. The van der Waals surface area contributed by atoms with Crippen LogP contribution in [0.4, 0.5) is 0 Å². The van der Waals surface area contributed by atoms with Gasteiger partial charge in [-0.15, -0.1) is 0 Å². The SMILES string of the molecule is CCOC(=O)C(C(=O)OCC)C1(O)CCCC(C)CC1. The summed E-state index contributed by atoms with van der Waals surface area (Å²) >= 11 is 0. The highest BCUT2D eigenvalue weighted by molar-refractivity contribution is 5.96. The number of hydrogen-bond acceptors (Lipinski definition) is 5. The van der Waals surface area contributed by atoms with E-state index in [1.807, 2.05) is 0 Å². The zero-order valence-corrected chi connectivity index (χ0v) is 12.7. The second-order valence-electron chi connectivity index (χ2n) is 5.58. The lowest BCUT2D eigenvalue weighted by molar-refractivity contribution is -0.176. The third-order valence-corrected chi connectivity index (χ3v) is 3.96. The fraction of sp³-hybridized carbons (Fsp3) is 0.867. The molecule has 0 heterocycles. The molecule has 1 rings (SSSR count). The Hall–Kier alpha value is -1.10. The van der Waals surface area contributed by atoms with E-state index in [0.29, 0.717) is 18.8 Å². The summed E-state index contributed by atoms with van der Waals surface area (Å²) in [5.74, 6) is -2.09. The van der Waals surface area contributed by atoms with Crippen LogP contribution in [0.1, 0.15) is 52.9 Å². The monoisotopic (exact) mass is 286 g/mol. The third kappa shape index (κ3) is 4.20. The summed E-state index contributed by atoms with van der Waals surface area (Å²) in [6.07, 6.45) is 3.45. The first-order chi connectivity index (χ1) is 9.44. The van der Waals surface area contributed by atoms with E-state index in [4.69, 9.17) is 9.47 Å². The van der Waals surface area contributed by atoms with E-state index in [9.17, 15) is 14.7 Å². The molecule has 20 heavy (non-hydrogen) atoms. The summed E-state index contributed by atoms with van der Waals surface area (Å²) < 4.78 is 9.92. The Morgan fingerprint density at radius 3 is 2.20 bits per heavy atom. The van der Waals surface area contributed by atoms with Crippen molar-refractivity contribution in [2.24, 2.45) is 11.8 Å². The molecule has 2 atom stereocenters. The predicted octanol–water partition coefficient (Wildman–Crippen LogP) is 2.06. The first-order valence-electron chi connectivity index (χ1n) is 7.50. The Morgan fingerprint density at radius 2 is 1.70 bits per heavy atom. The number of carbonyl (C=O) groups excluding carboxylic acids is 2. The Morgan fingerprint density at radius 1 is 1.15 bits per heavy atom. The average Bonchev–Trinajstić information content (AvgIpc) is 2.53. The molecule has 0 aromatic carbocycles. The molecule has 0 aliphatic heterocycles. The summed E-state index contributed by atoms with van der Waals surface area (Å²) in [6.45, 7) is 5.84. The minimum absolute atomic E-state index is 0.182. The van der Waals surface area contributed by atoms with Crippen molar-refractivity contribution >= 4 is 11.9 Å². The summed E-state index contributed by atoms with van der Waals surface area (Å²) in [5.41, 5.74) is -1.34. The van der Waals surface area contributed by atoms with Gasteiger partial charge in [0.05, 0.1) is 18.8 Å². The van der Waals surface area contributed by atoms with Crippen LogP contribution >= 0.6 is 0 Å². The number of carbonyl (C=O) groups is 2. The van der Waals surface area contributed by atoms with Crippen molar-refractivity contribution in [1.29, 1.82) is 0 Å². The second-order valence-corrected chi connectivity index (χ2v) is 5.58. The maximum absolute atomic E-state index is 12.1. The minimum Gasteiger partial charge on any atom is -0.465 e. The molecule has 5 heteroatoms. The zero-order chi connectivity index (χ0) is 15.2. The van der Waals surface area contributed by atoms with Crippen molar-refractivity contribution in [2.75, 3.05) is 13.2 Å². The first kappa shape index (κ1) is 17.0. The third-order valence-electron chi connectivity index (χ3n) is 3.96. The van der Waals surface area contributed by atoms with E-state index in [2.05, 4.69) is 6.92 Å².